The number of carbonyl (C=O) groups excluding carboxylic acids is 1. The highest BCUT2D eigenvalue weighted by Gasteiger charge is 2.28. The van der Waals surface area contributed by atoms with Gasteiger partial charge in [-0.05, 0) is 25.2 Å². The van der Waals surface area contributed by atoms with Crippen LogP contribution in [-0.4, -0.2) is 61.7 Å². The molecule has 0 unspecified atom stereocenters. The highest BCUT2D eigenvalue weighted by molar-refractivity contribution is 7.89. The quantitative estimate of drug-likeness (QED) is 0.860. The fraction of sp³-hybridized carbons (Fsp3) is 0.529. The fourth-order valence-corrected chi connectivity index (χ4v) is 5.00. The van der Waals surface area contributed by atoms with Crippen molar-refractivity contribution < 1.29 is 13.2 Å². The number of thiazole rings is 1. The molecule has 3 rings (SSSR count). The van der Waals surface area contributed by atoms with Gasteiger partial charge in [-0.1, -0.05) is 32.1 Å². The minimum absolute atomic E-state index is 0.123. The molecular weight excluding hydrogens is 372 g/mol. The predicted octanol–water partition coefficient (Wildman–Crippen LogP) is 2.22. The Hall–Kier alpha value is -1.55. The van der Waals surface area contributed by atoms with Gasteiger partial charge >= 0.3 is 0 Å². The molecular formula is C17H24N4O3S2. The number of hydrogen-bond acceptors (Lipinski definition) is 6. The van der Waals surface area contributed by atoms with Crippen LogP contribution >= 0.6 is 11.3 Å². The molecule has 0 aliphatic carbocycles. The number of piperazine rings is 1. The molecule has 1 aliphatic heterocycles. The molecule has 1 aromatic carbocycles. The average molecular weight is 397 g/mol. The molecule has 7 nitrogen and oxygen atoms in total. The maximum Gasteiger partial charge on any atom is 0.243 e. The van der Waals surface area contributed by atoms with Gasteiger partial charge in [0.1, 0.15) is 0 Å². The van der Waals surface area contributed by atoms with Crippen molar-refractivity contribution in [1.29, 1.82) is 0 Å². The minimum atomic E-state index is -3.52. The molecule has 1 aliphatic rings. The molecule has 2 aromatic rings. The molecule has 0 radical (unpaired) electrons. The third-order valence-corrected chi connectivity index (χ3v) is 7.19. The van der Waals surface area contributed by atoms with Crippen LogP contribution in [0.15, 0.2) is 23.1 Å². The Morgan fingerprint density at radius 1 is 1.19 bits per heavy atom. The number of hydrogen-bond donors (Lipinski definition) is 1. The van der Waals surface area contributed by atoms with Crippen LogP contribution in [0.4, 0.5) is 5.13 Å². The number of sulfonamides is 1. The monoisotopic (exact) mass is 396 g/mol. The zero-order chi connectivity index (χ0) is 19.1. The van der Waals surface area contributed by atoms with E-state index in [2.05, 4.69) is 15.2 Å². The SMILES string of the molecule is CN1CCN(S(=O)(=O)c2ccc3nc(NC(=O)C(C)(C)C)sc3c2)CC1. The molecule has 1 fully saturated rings. The Balaban J connectivity index is 1.86. The first-order valence-electron chi connectivity index (χ1n) is 8.48. The third-order valence-electron chi connectivity index (χ3n) is 4.36. The molecule has 1 N–H and O–H groups in total. The number of benzene rings is 1. The van der Waals surface area contributed by atoms with Crippen LogP contribution in [0, 0.1) is 5.41 Å². The van der Waals surface area contributed by atoms with Gasteiger partial charge in [-0.3, -0.25) is 4.79 Å². The number of likely N-dealkylation sites (N-methyl/N-ethyl adjacent to an activating group) is 1. The second kappa shape index (κ2) is 6.88. The molecule has 142 valence electrons. The average Bonchev–Trinajstić information content (AvgIpc) is 2.95. The van der Waals surface area contributed by atoms with Crippen LogP contribution < -0.4 is 5.32 Å². The van der Waals surface area contributed by atoms with E-state index in [1.165, 1.54) is 15.6 Å². The van der Waals surface area contributed by atoms with Crippen molar-refractivity contribution in [2.75, 3.05) is 38.5 Å². The Labute approximate surface area is 158 Å². The maximum absolute atomic E-state index is 12.9. The lowest BCUT2D eigenvalue weighted by molar-refractivity contribution is -0.123. The number of fused-ring (bicyclic) bond motifs is 1. The highest BCUT2D eigenvalue weighted by Crippen LogP contribution is 2.30. The standard InChI is InChI=1S/C17H24N4O3S2/c1-17(2,3)15(22)19-16-18-13-6-5-12(11-14(13)25-16)26(23,24)21-9-7-20(4)8-10-21/h5-6,11H,7-10H2,1-4H3,(H,18,19,22). The van der Waals surface area contributed by atoms with E-state index < -0.39 is 15.4 Å². The topological polar surface area (TPSA) is 82.6 Å². The zero-order valence-electron chi connectivity index (χ0n) is 15.4. The summed E-state index contributed by atoms with van der Waals surface area (Å²) in [6.07, 6.45) is 0. The second-order valence-corrected chi connectivity index (χ2v) is 10.5. The van der Waals surface area contributed by atoms with E-state index in [0.717, 1.165) is 17.8 Å². The lowest BCUT2D eigenvalue weighted by Gasteiger charge is -2.31. The predicted molar refractivity (Wildman–Crippen MR) is 104 cm³/mol. The Kier molecular flexibility index (Phi) is 5.08. The molecule has 26 heavy (non-hydrogen) atoms. The number of anilines is 1. The van der Waals surface area contributed by atoms with Gasteiger partial charge in [-0.25, -0.2) is 13.4 Å². The fourth-order valence-electron chi connectivity index (χ4n) is 2.58. The molecule has 1 amide bonds. The van der Waals surface area contributed by atoms with Crippen molar-refractivity contribution >= 4 is 42.6 Å². The summed E-state index contributed by atoms with van der Waals surface area (Å²) in [6.45, 7) is 7.93. The summed E-state index contributed by atoms with van der Waals surface area (Å²) in [5, 5.41) is 3.28. The lowest BCUT2D eigenvalue weighted by atomic mass is 9.96. The number of nitrogens with one attached hydrogen (secondary N) is 1. The lowest BCUT2D eigenvalue weighted by Crippen LogP contribution is -2.46. The molecule has 0 atom stereocenters. The smallest absolute Gasteiger partial charge is 0.243 e. The second-order valence-electron chi connectivity index (χ2n) is 7.56. The van der Waals surface area contributed by atoms with Crippen molar-refractivity contribution in [2.24, 2.45) is 5.41 Å². The van der Waals surface area contributed by atoms with Crippen LogP contribution in [0.3, 0.4) is 0 Å². The van der Waals surface area contributed by atoms with Crippen molar-refractivity contribution in [3.05, 3.63) is 18.2 Å². The van der Waals surface area contributed by atoms with Gasteiger partial charge in [0.05, 0.1) is 15.1 Å². The molecule has 9 heteroatoms. The summed E-state index contributed by atoms with van der Waals surface area (Å²) in [4.78, 5) is 18.9. The zero-order valence-corrected chi connectivity index (χ0v) is 17.1. The van der Waals surface area contributed by atoms with Gasteiger partial charge in [-0.2, -0.15) is 4.31 Å². The maximum atomic E-state index is 12.9. The van der Waals surface area contributed by atoms with E-state index in [-0.39, 0.29) is 10.8 Å². The Morgan fingerprint density at radius 2 is 1.85 bits per heavy atom. The summed E-state index contributed by atoms with van der Waals surface area (Å²) < 4.78 is 28.0. The normalized spacial score (nSPS) is 17.5. The van der Waals surface area contributed by atoms with Gasteiger partial charge < -0.3 is 10.2 Å². The van der Waals surface area contributed by atoms with Gasteiger partial charge in [-0.15, -0.1) is 0 Å². The van der Waals surface area contributed by atoms with Gasteiger partial charge in [0.25, 0.3) is 0 Å². The van der Waals surface area contributed by atoms with Gasteiger partial charge in [0.2, 0.25) is 15.9 Å². The van der Waals surface area contributed by atoms with E-state index in [0.29, 0.717) is 23.7 Å². The summed E-state index contributed by atoms with van der Waals surface area (Å²) in [7, 11) is -1.53. The number of aromatic nitrogens is 1. The van der Waals surface area contributed by atoms with Crippen LogP contribution in [0.25, 0.3) is 10.2 Å². The first-order chi connectivity index (χ1) is 12.1. The first-order valence-corrected chi connectivity index (χ1v) is 10.7. The molecule has 2 heterocycles. The molecule has 0 saturated carbocycles. The van der Waals surface area contributed by atoms with Crippen LogP contribution in [-0.2, 0) is 14.8 Å². The summed E-state index contributed by atoms with van der Waals surface area (Å²) in [6, 6.07) is 4.93. The Bertz CT molecular complexity index is 923. The first kappa shape index (κ1) is 19.2. The number of carbonyl (C=O) groups is 1. The molecule has 0 spiro atoms. The molecule has 1 aromatic heterocycles. The van der Waals surface area contributed by atoms with E-state index in [4.69, 9.17) is 0 Å². The van der Waals surface area contributed by atoms with Crippen molar-refractivity contribution in [3.8, 4) is 0 Å². The Morgan fingerprint density at radius 3 is 2.46 bits per heavy atom. The summed E-state index contributed by atoms with van der Waals surface area (Å²) in [5.41, 5.74) is 0.157. The van der Waals surface area contributed by atoms with Crippen molar-refractivity contribution in [1.82, 2.24) is 14.2 Å². The summed E-state index contributed by atoms with van der Waals surface area (Å²) >= 11 is 1.28. The number of amides is 1. The van der Waals surface area contributed by atoms with Crippen molar-refractivity contribution in [2.45, 2.75) is 25.7 Å². The number of rotatable bonds is 3. The molecule has 1 saturated heterocycles. The van der Waals surface area contributed by atoms with E-state index in [1.807, 2.05) is 27.8 Å². The largest absolute Gasteiger partial charge is 0.304 e. The minimum Gasteiger partial charge on any atom is -0.304 e. The van der Waals surface area contributed by atoms with Gasteiger partial charge in [0.15, 0.2) is 5.13 Å². The number of nitrogens with zero attached hydrogens (tertiary/aromatic N) is 3. The highest BCUT2D eigenvalue weighted by atomic mass is 32.2. The van der Waals surface area contributed by atoms with Crippen LogP contribution in [0.5, 0.6) is 0 Å². The van der Waals surface area contributed by atoms with Gasteiger partial charge in [0, 0.05) is 31.6 Å². The van der Waals surface area contributed by atoms with Crippen LogP contribution in [0.1, 0.15) is 20.8 Å². The van der Waals surface area contributed by atoms with Crippen molar-refractivity contribution in [3.63, 3.8) is 0 Å². The molecule has 0 bridgehead atoms. The third kappa shape index (κ3) is 3.90. The summed E-state index contributed by atoms with van der Waals surface area (Å²) in [5.74, 6) is -0.123. The van der Waals surface area contributed by atoms with E-state index in [1.54, 1.807) is 18.2 Å². The van der Waals surface area contributed by atoms with Crippen LogP contribution in [0.2, 0.25) is 0 Å². The van der Waals surface area contributed by atoms with E-state index >= 15 is 0 Å². The van der Waals surface area contributed by atoms with E-state index in [9.17, 15) is 13.2 Å².